The van der Waals surface area contributed by atoms with Crippen LogP contribution in [0.25, 0.3) is 0 Å². The van der Waals surface area contributed by atoms with Crippen molar-refractivity contribution in [1.82, 2.24) is 10.2 Å². The van der Waals surface area contributed by atoms with Crippen molar-refractivity contribution in [2.24, 2.45) is 0 Å². The standard InChI is InChI=1S/C13H12BrN3OS/c1-7-11-12(8-4-2-3-5-9(8)14)19-6-10(18)15-13(11)17-16-7/h2-5,12H,6H2,1H3,(H2,15,16,17,18). The first-order valence-corrected chi connectivity index (χ1v) is 7.71. The number of thioether (sulfide) groups is 1. The quantitative estimate of drug-likeness (QED) is 0.839. The molecule has 1 aromatic heterocycles. The van der Waals surface area contributed by atoms with Crippen LogP contribution in [0.3, 0.4) is 0 Å². The second kappa shape index (κ2) is 5.02. The molecule has 1 atom stereocenters. The van der Waals surface area contributed by atoms with Crippen molar-refractivity contribution in [3.63, 3.8) is 0 Å². The van der Waals surface area contributed by atoms with Crippen molar-refractivity contribution in [2.45, 2.75) is 12.2 Å². The smallest absolute Gasteiger partial charge is 0.235 e. The number of H-pyrrole nitrogens is 1. The summed E-state index contributed by atoms with van der Waals surface area (Å²) < 4.78 is 1.05. The molecule has 0 saturated carbocycles. The van der Waals surface area contributed by atoms with Crippen LogP contribution in [0.5, 0.6) is 0 Å². The molecule has 0 aliphatic carbocycles. The Morgan fingerprint density at radius 1 is 1.42 bits per heavy atom. The van der Waals surface area contributed by atoms with Crippen LogP contribution in [0, 0.1) is 6.92 Å². The third kappa shape index (κ3) is 2.30. The Morgan fingerprint density at radius 2 is 2.21 bits per heavy atom. The fraction of sp³-hybridized carbons (Fsp3) is 0.231. The van der Waals surface area contributed by atoms with Gasteiger partial charge in [-0.15, -0.1) is 11.8 Å². The molecule has 1 amide bonds. The molecule has 0 fully saturated rings. The van der Waals surface area contributed by atoms with Gasteiger partial charge in [0.1, 0.15) is 0 Å². The van der Waals surface area contributed by atoms with Gasteiger partial charge in [-0.25, -0.2) is 0 Å². The number of carbonyl (C=O) groups excluding carboxylic acids is 1. The highest BCUT2D eigenvalue weighted by molar-refractivity contribution is 9.10. The number of benzene rings is 1. The predicted molar refractivity (Wildman–Crippen MR) is 80.4 cm³/mol. The van der Waals surface area contributed by atoms with Gasteiger partial charge >= 0.3 is 0 Å². The van der Waals surface area contributed by atoms with E-state index in [1.54, 1.807) is 11.8 Å². The molecule has 0 saturated heterocycles. The van der Waals surface area contributed by atoms with Gasteiger partial charge in [-0.3, -0.25) is 9.89 Å². The average Bonchev–Trinajstić information content (AvgIpc) is 2.65. The number of nitrogens with zero attached hydrogens (tertiary/aromatic N) is 1. The van der Waals surface area contributed by atoms with Crippen LogP contribution in [-0.2, 0) is 4.79 Å². The van der Waals surface area contributed by atoms with E-state index in [0.29, 0.717) is 11.6 Å². The number of anilines is 1. The van der Waals surface area contributed by atoms with Gasteiger partial charge in [-0.1, -0.05) is 34.1 Å². The Morgan fingerprint density at radius 3 is 3.00 bits per heavy atom. The summed E-state index contributed by atoms with van der Waals surface area (Å²) in [5, 5.41) is 10.1. The SMILES string of the molecule is Cc1[nH]nc2c1C(c1ccccc1Br)SCC(=O)N2. The number of carbonyl (C=O) groups is 1. The van der Waals surface area contributed by atoms with E-state index in [1.807, 2.05) is 25.1 Å². The van der Waals surface area contributed by atoms with Gasteiger partial charge < -0.3 is 5.32 Å². The molecule has 3 rings (SSSR count). The van der Waals surface area contributed by atoms with Crippen molar-refractivity contribution in [3.8, 4) is 0 Å². The molecule has 0 bridgehead atoms. The minimum absolute atomic E-state index is 0.00713. The van der Waals surface area contributed by atoms with E-state index in [2.05, 4.69) is 37.5 Å². The van der Waals surface area contributed by atoms with Crippen LogP contribution >= 0.6 is 27.7 Å². The van der Waals surface area contributed by atoms with E-state index in [4.69, 9.17) is 0 Å². The molecule has 2 aromatic rings. The molecule has 2 heterocycles. The van der Waals surface area contributed by atoms with Crippen LogP contribution in [0.15, 0.2) is 28.7 Å². The van der Waals surface area contributed by atoms with E-state index in [1.165, 1.54) is 0 Å². The van der Waals surface area contributed by atoms with Crippen molar-refractivity contribution >= 4 is 39.4 Å². The lowest BCUT2D eigenvalue weighted by molar-refractivity contribution is -0.113. The van der Waals surface area contributed by atoms with E-state index < -0.39 is 0 Å². The molecular weight excluding hydrogens is 326 g/mol. The molecule has 0 spiro atoms. The number of fused-ring (bicyclic) bond motifs is 1. The molecule has 1 aromatic carbocycles. The first-order chi connectivity index (χ1) is 9.16. The summed E-state index contributed by atoms with van der Waals surface area (Å²) in [7, 11) is 0. The number of aromatic nitrogens is 2. The Bertz CT molecular complexity index is 641. The molecule has 98 valence electrons. The zero-order valence-electron chi connectivity index (χ0n) is 10.2. The van der Waals surface area contributed by atoms with Gasteiger partial charge in [0.2, 0.25) is 5.91 Å². The second-order valence-electron chi connectivity index (χ2n) is 4.37. The highest BCUT2D eigenvalue weighted by atomic mass is 79.9. The van der Waals surface area contributed by atoms with Gasteiger partial charge in [0, 0.05) is 15.7 Å². The molecule has 1 aliphatic rings. The van der Waals surface area contributed by atoms with Gasteiger partial charge in [0.15, 0.2) is 5.82 Å². The average molecular weight is 338 g/mol. The number of aromatic amines is 1. The zero-order chi connectivity index (χ0) is 13.4. The largest absolute Gasteiger partial charge is 0.308 e. The first kappa shape index (κ1) is 12.7. The number of hydrogen-bond donors (Lipinski definition) is 2. The molecule has 1 aliphatic heterocycles. The Hall–Kier alpha value is -1.27. The summed E-state index contributed by atoms with van der Waals surface area (Å²) in [6.45, 7) is 1.98. The maximum Gasteiger partial charge on any atom is 0.235 e. The van der Waals surface area contributed by atoms with Crippen molar-refractivity contribution in [1.29, 1.82) is 0 Å². The van der Waals surface area contributed by atoms with E-state index in [9.17, 15) is 4.79 Å². The van der Waals surface area contributed by atoms with Crippen LogP contribution < -0.4 is 5.32 Å². The third-order valence-electron chi connectivity index (χ3n) is 3.08. The molecule has 19 heavy (non-hydrogen) atoms. The number of hydrogen-bond acceptors (Lipinski definition) is 3. The van der Waals surface area contributed by atoms with Crippen LogP contribution in [0.2, 0.25) is 0 Å². The fourth-order valence-corrected chi connectivity index (χ4v) is 4.09. The molecule has 6 heteroatoms. The molecule has 2 N–H and O–H groups in total. The maximum absolute atomic E-state index is 11.7. The van der Waals surface area contributed by atoms with Crippen LogP contribution in [0.1, 0.15) is 22.1 Å². The number of halogens is 1. The van der Waals surface area contributed by atoms with E-state index >= 15 is 0 Å². The Labute approximate surface area is 123 Å². The minimum Gasteiger partial charge on any atom is -0.308 e. The number of aryl methyl sites for hydroxylation is 1. The Balaban J connectivity index is 2.14. The van der Waals surface area contributed by atoms with Gasteiger partial charge in [0.05, 0.1) is 11.0 Å². The summed E-state index contributed by atoms with van der Waals surface area (Å²) >= 11 is 5.21. The summed E-state index contributed by atoms with van der Waals surface area (Å²) in [6, 6.07) is 8.09. The highest BCUT2D eigenvalue weighted by Gasteiger charge is 2.28. The number of amides is 1. The summed E-state index contributed by atoms with van der Waals surface area (Å²) in [4.78, 5) is 11.7. The maximum atomic E-state index is 11.7. The topological polar surface area (TPSA) is 57.8 Å². The fourth-order valence-electron chi connectivity index (χ4n) is 2.20. The minimum atomic E-state index is -0.00713. The molecule has 4 nitrogen and oxygen atoms in total. The zero-order valence-corrected chi connectivity index (χ0v) is 12.6. The lowest BCUT2D eigenvalue weighted by atomic mass is 10.0. The van der Waals surface area contributed by atoms with Gasteiger partial charge in [0.25, 0.3) is 0 Å². The van der Waals surface area contributed by atoms with Crippen molar-refractivity contribution < 1.29 is 4.79 Å². The van der Waals surface area contributed by atoms with Crippen LogP contribution in [0.4, 0.5) is 5.82 Å². The van der Waals surface area contributed by atoms with Crippen molar-refractivity contribution in [3.05, 3.63) is 45.6 Å². The number of rotatable bonds is 1. The molecule has 1 unspecified atom stereocenters. The second-order valence-corrected chi connectivity index (χ2v) is 6.32. The predicted octanol–water partition coefficient (Wildman–Crippen LogP) is 3.26. The number of nitrogens with one attached hydrogen (secondary N) is 2. The van der Waals surface area contributed by atoms with Gasteiger partial charge in [-0.05, 0) is 18.6 Å². The summed E-state index contributed by atoms with van der Waals surface area (Å²) in [5.74, 6) is 1.07. The summed E-state index contributed by atoms with van der Waals surface area (Å²) in [5.41, 5.74) is 3.21. The van der Waals surface area contributed by atoms with E-state index in [-0.39, 0.29) is 11.2 Å². The highest BCUT2D eigenvalue weighted by Crippen LogP contribution is 2.44. The van der Waals surface area contributed by atoms with Crippen LogP contribution in [-0.4, -0.2) is 21.9 Å². The van der Waals surface area contributed by atoms with Gasteiger partial charge in [-0.2, -0.15) is 5.10 Å². The monoisotopic (exact) mass is 337 g/mol. The normalized spacial score (nSPS) is 18.6. The lowest BCUT2D eigenvalue weighted by Gasteiger charge is -2.16. The molecule has 0 radical (unpaired) electrons. The lowest BCUT2D eigenvalue weighted by Crippen LogP contribution is -2.12. The van der Waals surface area contributed by atoms with Crippen molar-refractivity contribution in [2.75, 3.05) is 11.1 Å². The molecular formula is C13H12BrN3OS. The van der Waals surface area contributed by atoms with E-state index in [0.717, 1.165) is 21.3 Å². The third-order valence-corrected chi connectivity index (χ3v) is 5.06. The first-order valence-electron chi connectivity index (χ1n) is 5.87. The summed E-state index contributed by atoms with van der Waals surface area (Å²) in [6.07, 6.45) is 0. The Kier molecular flexibility index (Phi) is 3.36.